The molecule has 1 aromatic carbocycles. The van der Waals surface area contributed by atoms with Gasteiger partial charge in [0.15, 0.2) is 0 Å². The van der Waals surface area contributed by atoms with E-state index >= 15 is 0 Å². The molecule has 2 heterocycles. The van der Waals surface area contributed by atoms with Gasteiger partial charge in [0.1, 0.15) is 5.82 Å². The predicted octanol–water partition coefficient (Wildman–Crippen LogP) is 1.14. The number of hydrogen-bond donors (Lipinski definition) is 1. The molecule has 1 N–H and O–H groups in total. The molecule has 0 amide bonds. The first-order chi connectivity index (χ1) is 11.2. The molecular formula is C18H24N3O2+. The van der Waals surface area contributed by atoms with Crippen LogP contribution in [0.2, 0.25) is 0 Å². The fourth-order valence-electron chi connectivity index (χ4n) is 3.34. The molecule has 3 rings (SSSR count). The van der Waals surface area contributed by atoms with E-state index in [4.69, 9.17) is 4.74 Å². The van der Waals surface area contributed by atoms with E-state index in [9.17, 15) is 4.79 Å². The van der Waals surface area contributed by atoms with Crippen LogP contribution < -0.4 is 9.80 Å². The maximum atomic E-state index is 12.0. The maximum absolute atomic E-state index is 12.0. The van der Waals surface area contributed by atoms with Gasteiger partial charge < -0.3 is 14.5 Å². The molecule has 5 heteroatoms. The van der Waals surface area contributed by atoms with Crippen LogP contribution in [0, 0.1) is 0 Å². The van der Waals surface area contributed by atoms with Gasteiger partial charge in [0.05, 0.1) is 45.4 Å². The quantitative estimate of drug-likeness (QED) is 0.860. The number of nitrogens with one attached hydrogen (secondary N) is 1. The van der Waals surface area contributed by atoms with Crippen LogP contribution in [0.1, 0.15) is 23.7 Å². The summed E-state index contributed by atoms with van der Waals surface area (Å²) in [5, 5.41) is 1.93. The lowest BCUT2D eigenvalue weighted by Crippen LogP contribution is -3.14. The molecule has 0 saturated carbocycles. The highest BCUT2D eigenvalue weighted by Gasteiger charge is 2.23. The molecule has 5 nitrogen and oxygen atoms in total. The number of nitrogens with zero attached hydrogens (tertiary/aromatic N) is 2. The lowest BCUT2D eigenvalue weighted by atomic mass is 10.1. The monoisotopic (exact) mass is 314 g/mol. The minimum atomic E-state index is -0.336. The van der Waals surface area contributed by atoms with Gasteiger partial charge >= 0.3 is 5.97 Å². The fourth-order valence-corrected chi connectivity index (χ4v) is 3.34. The summed E-state index contributed by atoms with van der Waals surface area (Å²) < 4.78 is 4.87. The number of piperazine rings is 1. The van der Waals surface area contributed by atoms with E-state index in [2.05, 4.69) is 16.8 Å². The number of hydrogen-bond acceptors (Lipinski definition) is 4. The SMILES string of the molecule is CCC[NH+]1CCN(c2ncc(C(=O)OC)c3ccccc23)CC1. The van der Waals surface area contributed by atoms with Crippen molar-refractivity contribution >= 4 is 22.6 Å². The molecule has 1 aliphatic rings. The van der Waals surface area contributed by atoms with Gasteiger partial charge in [-0.2, -0.15) is 0 Å². The first kappa shape index (κ1) is 15.7. The molecule has 0 unspecified atom stereocenters. The Morgan fingerprint density at radius 2 is 1.96 bits per heavy atom. The van der Waals surface area contributed by atoms with Gasteiger partial charge in [-0.05, 0) is 6.42 Å². The molecule has 2 aromatic rings. The van der Waals surface area contributed by atoms with Crippen LogP contribution in [0.3, 0.4) is 0 Å². The summed E-state index contributed by atoms with van der Waals surface area (Å²) in [5.41, 5.74) is 0.530. The van der Waals surface area contributed by atoms with Crippen molar-refractivity contribution in [1.29, 1.82) is 0 Å². The molecule has 0 bridgehead atoms. The van der Waals surface area contributed by atoms with Crippen molar-refractivity contribution in [2.75, 3.05) is 44.7 Å². The van der Waals surface area contributed by atoms with Gasteiger partial charge in [0.2, 0.25) is 0 Å². The largest absolute Gasteiger partial charge is 0.465 e. The van der Waals surface area contributed by atoms with Gasteiger partial charge in [0.25, 0.3) is 0 Å². The lowest BCUT2D eigenvalue weighted by molar-refractivity contribution is -0.900. The molecule has 0 aliphatic carbocycles. The van der Waals surface area contributed by atoms with Gasteiger partial charge in [-0.3, -0.25) is 0 Å². The van der Waals surface area contributed by atoms with E-state index in [1.54, 1.807) is 11.1 Å². The first-order valence-corrected chi connectivity index (χ1v) is 8.29. The molecule has 23 heavy (non-hydrogen) atoms. The Balaban J connectivity index is 1.92. The van der Waals surface area contributed by atoms with E-state index in [0.29, 0.717) is 5.56 Å². The standard InChI is InChI=1S/C18H23N3O2/c1-3-8-20-9-11-21(12-10-20)17-15-7-5-4-6-14(15)16(13-19-17)18(22)23-2/h4-7,13H,3,8-12H2,1-2H3/p+1. The smallest absolute Gasteiger partial charge is 0.340 e. The summed E-state index contributed by atoms with van der Waals surface area (Å²) in [6, 6.07) is 7.94. The number of pyridine rings is 1. The number of anilines is 1. The van der Waals surface area contributed by atoms with Crippen molar-refractivity contribution in [3.63, 3.8) is 0 Å². The molecule has 122 valence electrons. The van der Waals surface area contributed by atoms with Crippen molar-refractivity contribution in [1.82, 2.24) is 4.98 Å². The summed E-state index contributed by atoms with van der Waals surface area (Å²) in [4.78, 5) is 20.5. The van der Waals surface area contributed by atoms with Crippen molar-refractivity contribution < 1.29 is 14.4 Å². The number of methoxy groups -OCH3 is 1. The zero-order chi connectivity index (χ0) is 16.2. The summed E-state index contributed by atoms with van der Waals surface area (Å²) >= 11 is 0. The van der Waals surface area contributed by atoms with Crippen molar-refractivity contribution in [3.8, 4) is 0 Å². The van der Waals surface area contributed by atoms with Crippen LogP contribution in [0.4, 0.5) is 5.82 Å². The number of quaternary nitrogens is 1. The van der Waals surface area contributed by atoms with E-state index in [1.807, 2.05) is 24.3 Å². The molecule has 1 aromatic heterocycles. The van der Waals surface area contributed by atoms with Crippen molar-refractivity contribution in [3.05, 3.63) is 36.0 Å². The van der Waals surface area contributed by atoms with Crippen LogP contribution in [-0.2, 0) is 4.74 Å². The molecule has 0 atom stereocenters. The van der Waals surface area contributed by atoms with Crippen molar-refractivity contribution in [2.45, 2.75) is 13.3 Å². The minimum absolute atomic E-state index is 0.336. The third-order valence-corrected chi connectivity index (χ3v) is 4.55. The maximum Gasteiger partial charge on any atom is 0.340 e. The second-order valence-corrected chi connectivity index (χ2v) is 6.02. The first-order valence-electron chi connectivity index (χ1n) is 8.29. The highest BCUT2D eigenvalue weighted by molar-refractivity contribution is 6.07. The number of benzene rings is 1. The minimum Gasteiger partial charge on any atom is -0.465 e. The summed E-state index contributed by atoms with van der Waals surface area (Å²) in [5.74, 6) is 0.640. The van der Waals surface area contributed by atoms with E-state index < -0.39 is 0 Å². The lowest BCUT2D eigenvalue weighted by Gasteiger charge is -2.33. The Morgan fingerprint density at radius 1 is 1.26 bits per heavy atom. The Kier molecular flexibility index (Phi) is 4.76. The average Bonchev–Trinajstić information content (AvgIpc) is 2.61. The van der Waals surface area contributed by atoms with Crippen LogP contribution >= 0.6 is 0 Å². The summed E-state index contributed by atoms with van der Waals surface area (Å²) in [6.45, 7) is 7.77. The second-order valence-electron chi connectivity index (χ2n) is 6.02. The normalized spacial score (nSPS) is 15.8. The van der Waals surface area contributed by atoms with Gasteiger partial charge in [-0.1, -0.05) is 31.2 Å². The Bertz CT molecular complexity index is 694. The van der Waals surface area contributed by atoms with Crippen LogP contribution in [-0.4, -0.2) is 50.8 Å². The molecule has 1 fully saturated rings. The number of aromatic nitrogens is 1. The van der Waals surface area contributed by atoms with Gasteiger partial charge in [0, 0.05) is 17.0 Å². The Morgan fingerprint density at radius 3 is 2.61 bits per heavy atom. The number of fused-ring (bicyclic) bond motifs is 1. The molecule has 1 aliphatic heterocycles. The molecule has 1 saturated heterocycles. The zero-order valence-corrected chi connectivity index (χ0v) is 13.8. The third-order valence-electron chi connectivity index (χ3n) is 4.55. The van der Waals surface area contributed by atoms with E-state index in [1.165, 1.54) is 20.1 Å². The Hall–Kier alpha value is -2.14. The summed E-state index contributed by atoms with van der Waals surface area (Å²) in [6.07, 6.45) is 2.87. The Labute approximate surface area is 136 Å². The fraction of sp³-hybridized carbons (Fsp3) is 0.444. The summed E-state index contributed by atoms with van der Waals surface area (Å²) in [7, 11) is 1.40. The average molecular weight is 314 g/mol. The highest BCUT2D eigenvalue weighted by Crippen LogP contribution is 2.27. The molecule has 0 spiro atoms. The predicted molar refractivity (Wildman–Crippen MR) is 91.2 cm³/mol. The van der Waals surface area contributed by atoms with Crippen LogP contribution in [0.5, 0.6) is 0 Å². The number of rotatable bonds is 4. The van der Waals surface area contributed by atoms with Crippen LogP contribution in [0.25, 0.3) is 10.8 Å². The number of ether oxygens (including phenoxy) is 1. The van der Waals surface area contributed by atoms with Crippen LogP contribution in [0.15, 0.2) is 30.5 Å². The zero-order valence-electron chi connectivity index (χ0n) is 13.8. The number of esters is 1. The number of carbonyl (C=O) groups is 1. The highest BCUT2D eigenvalue weighted by atomic mass is 16.5. The molecular weight excluding hydrogens is 290 g/mol. The number of carbonyl (C=O) groups excluding carboxylic acids is 1. The second kappa shape index (κ2) is 6.96. The molecule has 0 radical (unpaired) electrons. The third kappa shape index (κ3) is 3.15. The van der Waals surface area contributed by atoms with Gasteiger partial charge in [-0.15, -0.1) is 0 Å². The van der Waals surface area contributed by atoms with E-state index in [0.717, 1.165) is 42.8 Å². The van der Waals surface area contributed by atoms with Gasteiger partial charge in [-0.25, -0.2) is 9.78 Å². The topological polar surface area (TPSA) is 46.9 Å². The van der Waals surface area contributed by atoms with E-state index in [-0.39, 0.29) is 5.97 Å². The van der Waals surface area contributed by atoms with Crippen molar-refractivity contribution in [2.24, 2.45) is 0 Å².